The van der Waals surface area contributed by atoms with E-state index in [0.717, 1.165) is 12.8 Å². The number of aliphatic imine (C=N–C) groups is 3. The van der Waals surface area contributed by atoms with E-state index in [9.17, 15) is 0 Å². The molecule has 0 radical (unpaired) electrons. The van der Waals surface area contributed by atoms with Crippen molar-refractivity contribution in [1.82, 2.24) is 0 Å². The second-order valence-corrected chi connectivity index (χ2v) is 9.46. The van der Waals surface area contributed by atoms with E-state index in [1.165, 1.54) is 0 Å². The zero-order valence-electron chi connectivity index (χ0n) is 19.6. The van der Waals surface area contributed by atoms with Gasteiger partial charge in [0.25, 0.3) is 0 Å². The summed E-state index contributed by atoms with van der Waals surface area (Å²) in [7, 11) is 2.01. The highest BCUT2D eigenvalue weighted by molar-refractivity contribution is 5.55. The molecule has 30 heavy (non-hydrogen) atoms. The summed E-state index contributed by atoms with van der Waals surface area (Å²) >= 11 is 0. The van der Waals surface area contributed by atoms with Gasteiger partial charge in [-0.25, -0.2) is 4.58 Å². The highest BCUT2D eigenvalue weighted by Gasteiger charge is 2.33. The molecule has 4 heteroatoms. The lowest BCUT2D eigenvalue weighted by atomic mass is 9.87. The Kier molecular flexibility index (Phi) is 24.7. The highest BCUT2D eigenvalue weighted by Crippen LogP contribution is 2.26. The molecule has 0 amide bonds. The third-order valence-corrected chi connectivity index (χ3v) is 4.20. The molecule has 0 saturated carbocycles. The number of hydrogen-bond acceptors (Lipinski definition) is 3. The predicted molar refractivity (Wildman–Crippen MR) is 148 cm³/mol. The fraction of sp³-hybridized carbons (Fsp3) is 0.846. The minimum absolute atomic E-state index is 0. The van der Waals surface area contributed by atoms with Gasteiger partial charge in [0.1, 0.15) is 13.8 Å². The Bertz CT molecular complexity index is 485. The van der Waals surface area contributed by atoms with Crippen molar-refractivity contribution in [1.29, 1.82) is 0 Å². The van der Waals surface area contributed by atoms with E-state index in [0.29, 0.717) is 0 Å². The quantitative estimate of drug-likeness (QED) is 0.277. The molecule has 0 spiro atoms. The van der Waals surface area contributed by atoms with Crippen LogP contribution in [-0.2, 0) is 0 Å². The SMILES string of the molecule is C.C.C.C.C=[N+](C)C(C)(C)CC(C)(C)N=CC.CC=NC(C)(C)CC(C)(C)N=CC. The molecule has 4 nitrogen and oxygen atoms in total. The summed E-state index contributed by atoms with van der Waals surface area (Å²) in [6, 6.07) is 0. The molecule has 0 aromatic heterocycles. The Morgan fingerprint density at radius 3 is 1.03 bits per heavy atom. The second-order valence-electron chi connectivity index (χ2n) is 9.46. The fourth-order valence-electron chi connectivity index (χ4n) is 3.44. The van der Waals surface area contributed by atoms with E-state index in [1.807, 2.05) is 51.0 Å². The summed E-state index contributed by atoms with van der Waals surface area (Å²) in [5.74, 6) is 0. The number of nitrogens with zero attached hydrogens (tertiary/aromatic N) is 4. The van der Waals surface area contributed by atoms with E-state index >= 15 is 0 Å². The largest absolute Gasteiger partial charge is 0.292 e. The van der Waals surface area contributed by atoms with E-state index in [4.69, 9.17) is 0 Å². The van der Waals surface area contributed by atoms with Crippen molar-refractivity contribution in [3.05, 3.63) is 0 Å². The van der Waals surface area contributed by atoms with Crippen molar-refractivity contribution >= 4 is 25.4 Å². The normalized spacial score (nSPS) is 12.3. The van der Waals surface area contributed by atoms with Crippen LogP contribution in [0.4, 0.5) is 0 Å². The first-order valence-corrected chi connectivity index (χ1v) is 9.58. The maximum Gasteiger partial charge on any atom is 0.158 e. The van der Waals surface area contributed by atoms with Crippen molar-refractivity contribution in [2.75, 3.05) is 7.05 Å². The summed E-state index contributed by atoms with van der Waals surface area (Å²) < 4.78 is 2.00. The first-order chi connectivity index (χ1) is 11.5. The van der Waals surface area contributed by atoms with Crippen LogP contribution in [0.5, 0.6) is 0 Å². The van der Waals surface area contributed by atoms with Crippen molar-refractivity contribution in [2.24, 2.45) is 15.0 Å². The van der Waals surface area contributed by atoms with E-state index in [2.05, 4.69) is 77.1 Å². The molecule has 0 fully saturated rings. The molecular weight excluding hydrogens is 368 g/mol. The fourth-order valence-corrected chi connectivity index (χ4v) is 3.44. The van der Waals surface area contributed by atoms with Gasteiger partial charge in [-0.2, -0.15) is 0 Å². The summed E-state index contributed by atoms with van der Waals surface area (Å²) in [4.78, 5) is 13.3. The molecule has 184 valence electrons. The predicted octanol–water partition coefficient (Wildman–Crippen LogP) is 8.03. The van der Waals surface area contributed by atoms with Crippen LogP contribution in [0.1, 0.15) is 119 Å². The molecule has 0 heterocycles. The lowest BCUT2D eigenvalue weighted by molar-refractivity contribution is -0.570. The standard InChI is InChI=1S/C11H23N2.C11H22N2.4CH4/c1-8-12-10(2,3)9-11(4,5)13(6)7;1-7-12-10(3,4)9-11(5,6)13-8-2;;;;/h8H,6,9H2,1-5,7H3;7-8H,9H2,1-6H3;4*1H4/q+1;;;;;. The summed E-state index contributed by atoms with van der Waals surface area (Å²) in [5, 5.41) is 0. The minimum atomic E-state index is -0.00917. The second kappa shape index (κ2) is 17.4. The lowest BCUT2D eigenvalue weighted by Crippen LogP contribution is -2.39. The molecule has 0 rings (SSSR count). The van der Waals surface area contributed by atoms with Crippen LogP contribution in [-0.4, -0.2) is 59.1 Å². The molecular formula is C26H61N4+. The van der Waals surface area contributed by atoms with Crippen molar-refractivity contribution in [2.45, 2.75) is 141 Å². The maximum atomic E-state index is 4.44. The van der Waals surface area contributed by atoms with Crippen LogP contribution in [0.2, 0.25) is 0 Å². The Morgan fingerprint density at radius 1 is 0.600 bits per heavy atom. The molecule has 0 aliphatic heterocycles. The van der Waals surface area contributed by atoms with E-state index in [-0.39, 0.29) is 51.9 Å². The van der Waals surface area contributed by atoms with Gasteiger partial charge in [-0.05, 0) is 101 Å². The van der Waals surface area contributed by atoms with Crippen LogP contribution in [0.3, 0.4) is 0 Å². The maximum absolute atomic E-state index is 4.44. The molecule has 0 unspecified atom stereocenters. The molecule has 0 bridgehead atoms. The van der Waals surface area contributed by atoms with Gasteiger partial charge >= 0.3 is 0 Å². The summed E-state index contributed by atoms with van der Waals surface area (Å²) in [6.45, 7) is 27.0. The average Bonchev–Trinajstić information content (AvgIpc) is 2.35. The molecule has 0 aromatic carbocycles. The first-order valence-electron chi connectivity index (χ1n) is 9.58. The number of hydrogen-bond donors (Lipinski definition) is 0. The molecule has 0 N–H and O–H groups in total. The van der Waals surface area contributed by atoms with Gasteiger partial charge < -0.3 is 0 Å². The Hall–Kier alpha value is -1.32. The van der Waals surface area contributed by atoms with Crippen LogP contribution < -0.4 is 0 Å². The number of rotatable bonds is 8. The minimum Gasteiger partial charge on any atom is -0.292 e. The van der Waals surface area contributed by atoms with Crippen LogP contribution in [0.15, 0.2) is 15.0 Å². The zero-order valence-corrected chi connectivity index (χ0v) is 19.6. The third kappa shape index (κ3) is 21.4. The van der Waals surface area contributed by atoms with Gasteiger partial charge in [0.15, 0.2) is 5.54 Å². The van der Waals surface area contributed by atoms with Crippen molar-refractivity contribution in [3.63, 3.8) is 0 Å². The molecule has 0 aliphatic carbocycles. The van der Waals surface area contributed by atoms with Crippen LogP contribution >= 0.6 is 0 Å². The monoisotopic (exact) mass is 429 g/mol. The Morgan fingerprint density at radius 2 is 0.833 bits per heavy atom. The van der Waals surface area contributed by atoms with E-state index in [1.54, 1.807) is 0 Å². The van der Waals surface area contributed by atoms with Crippen molar-refractivity contribution < 1.29 is 4.58 Å². The third-order valence-electron chi connectivity index (χ3n) is 4.20. The van der Waals surface area contributed by atoms with Crippen LogP contribution in [0, 0.1) is 0 Å². The van der Waals surface area contributed by atoms with Crippen molar-refractivity contribution in [3.8, 4) is 0 Å². The molecule has 0 atom stereocenters. The summed E-state index contributed by atoms with van der Waals surface area (Å²) in [5.41, 5.74) is 0.0791. The smallest absolute Gasteiger partial charge is 0.158 e. The topological polar surface area (TPSA) is 40.1 Å². The van der Waals surface area contributed by atoms with Gasteiger partial charge in [0.05, 0.1) is 16.6 Å². The van der Waals surface area contributed by atoms with Gasteiger partial charge in [-0.1, -0.05) is 29.7 Å². The van der Waals surface area contributed by atoms with Gasteiger partial charge in [0, 0.05) is 6.42 Å². The Labute approximate surface area is 193 Å². The van der Waals surface area contributed by atoms with E-state index < -0.39 is 0 Å². The van der Waals surface area contributed by atoms with Crippen LogP contribution in [0.25, 0.3) is 0 Å². The Balaban J connectivity index is -0.0000000847. The first kappa shape index (κ1) is 42.7. The molecule has 0 saturated heterocycles. The molecule has 0 aromatic rings. The zero-order chi connectivity index (χ0) is 21.2. The van der Waals surface area contributed by atoms with Gasteiger partial charge in [0.2, 0.25) is 0 Å². The summed E-state index contributed by atoms with van der Waals surface area (Å²) in [6.07, 6.45) is 7.58. The lowest BCUT2D eigenvalue weighted by Gasteiger charge is -2.29. The molecule has 0 aliphatic rings. The van der Waals surface area contributed by atoms with Gasteiger partial charge in [-0.15, -0.1) is 0 Å². The highest BCUT2D eigenvalue weighted by atomic mass is 15.0. The average molecular weight is 430 g/mol. The van der Waals surface area contributed by atoms with Gasteiger partial charge in [-0.3, -0.25) is 15.0 Å².